The lowest BCUT2D eigenvalue weighted by molar-refractivity contribution is -0.156. The van der Waals surface area contributed by atoms with Crippen LogP contribution in [0.25, 0.3) is 10.9 Å². The Morgan fingerprint density at radius 1 is 0.898 bits per heavy atom. The summed E-state index contributed by atoms with van der Waals surface area (Å²) in [4.78, 5) is 45.2. The number of esters is 1. The summed E-state index contributed by atoms with van der Waals surface area (Å²) in [6.45, 7) is 7.23. The second-order valence-corrected chi connectivity index (χ2v) is 13.7. The first-order valence-corrected chi connectivity index (χ1v) is 16.5. The molecular formula is C38H41FN4O6. The van der Waals surface area contributed by atoms with Gasteiger partial charge in [-0.15, -0.1) is 0 Å². The summed E-state index contributed by atoms with van der Waals surface area (Å²) >= 11 is 0. The van der Waals surface area contributed by atoms with Crippen LogP contribution in [0.5, 0.6) is 17.2 Å². The molecule has 0 atom stereocenters. The molecule has 1 saturated heterocycles. The normalized spacial score (nSPS) is 15.7. The van der Waals surface area contributed by atoms with Crippen LogP contribution < -0.4 is 25.0 Å². The van der Waals surface area contributed by atoms with Crippen LogP contribution in [0.3, 0.4) is 0 Å². The molecule has 0 unspecified atom stereocenters. The predicted octanol–water partition coefficient (Wildman–Crippen LogP) is 7.48. The van der Waals surface area contributed by atoms with Crippen molar-refractivity contribution in [2.24, 2.45) is 11.3 Å². The number of fused-ring (bicyclic) bond motifs is 1. The Bertz CT molecular complexity index is 1840. The lowest BCUT2D eigenvalue weighted by Gasteiger charge is -2.34. The monoisotopic (exact) mass is 668 g/mol. The number of halogens is 1. The number of rotatable bonds is 10. The largest absolute Gasteiger partial charge is 0.495 e. The predicted molar refractivity (Wildman–Crippen MR) is 186 cm³/mol. The minimum Gasteiger partial charge on any atom is -0.495 e. The van der Waals surface area contributed by atoms with E-state index in [9.17, 15) is 18.8 Å². The van der Waals surface area contributed by atoms with Crippen molar-refractivity contribution in [2.45, 2.75) is 58.5 Å². The number of nitrogens with one attached hydrogen (secondary N) is 2. The van der Waals surface area contributed by atoms with Crippen LogP contribution in [0.2, 0.25) is 0 Å². The summed E-state index contributed by atoms with van der Waals surface area (Å²) in [5, 5.41) is 6.34. The van der Waals surface area contributed by atoms with Crippen LogP contribution in [0.15, 0.2) is 72.9 Å². The molecule has 2 amide bonds. The van der Waals surface area contributed by atoms with Gasteiger partial charge in [0.25, 0.3) is 0 Å². The average molecular weight is 669 g/mol. The van der Waals surface area contributed by atoms with E-state index in [0.717, 1.165) is 42.5 Å². The van der Waals surface area contributed by atoms with Gasteiger partial charge in [-0.1, -0.05) is 0 Å². The van der Waals surface area contributed by atoms with Crippen molar-refractivity contribution >= 4 is 45.7 Å². The number of nitrogens with zero attached hydrogens (tertiary/aromatic N) is 2. The van der Waals surface area contributed by atoms with Gasteiger partial charge in [-0.3, -0.25) is 19.4 Å². The minimum atomic E-state index is -1.16. The summed E-state index contributed by atoms with van der Waals surface area (Å²) in [5.74, 6) is 0.757. The van der Waals surface area contributed by atoms with Crippen molar-refractivity contribution in [1.29, 1.82) is 0 Å². The summed E-state index contributed by atoms with van der Waals surface area (Å²) in [5.41, 5.74) is 1.01. The topological polar surface area (TPSA) is 119 Å². The first kappa shape index (κ1) is 33.7. The van der Waals surface area contributed by atoms with E-state index in [2.05, 4.69) is 20.5 Å². The second kappa shape index (κ2) is 13.7. The van der Waals surface area contributed by atoms with Crippen molar-refractivity contribution < 1.29 is 33.0 Å². The summed E-state index contributed by atoms with van der Waals surface area (Å²) in [7, 11) is 1.64. The van der Waals surface area contributed by atoms with E-state index in [-0.39, 0.29) is 11.9 Å². The number of benzene rings is 3. The Morgan fingerprint density at radius 3 is 2.08 bits per heavy atom. The van der Waals surface area contributed by atoms with Crippen LogP contribution in [0.4, 0.5) is 21.5 Å². The molecule has 2 N–H and O–H groups in total. The van der Waals surface area contributed by atoms with Crippen LogP contribution in [-0.2, 0) is 19.1 Å². The van der Waals surface area contributed by atoms with Gasteiger partial charge in [0, 0.05) is 42.5 Å². The molecule has 0 radical (unpaired) electrons. The van der Waals surface area contributed by atoms with E-state index < -0.39 is 28.6 Å². The van der Waals surface area contributed by atoms with E-state index in [1.54, 1.807) is 43.6 Å². The fraction of sp³-hybridized carbons (Fsp3) is 0.368. The quantitative estimate of drug-likeness (QED) is 0.132. The number of piperidine rings is 1. The number of hydrogen-bond acceptors (Lipinski definition) is 8. The molecule has 11 heteroatoms. The molecule has 1 aromatic heterocycles. The highest BCUT2D eigenvalue weighted by Crippen LogP contribution is 2.47. The van der Waals surface area contributed by atoms with Crippen LogP contribution in [0.1, 0.15) is 52.9 Å². The van der Waals surface area contributed by atoms with Gasteiger partial charge in [0.1, 0.15) is 34.1 Å². The molecule has 4 aromatic rings. The molecule has 2 aliphatic rings. The van der Waals surface area contributed by atoms with Crippen molar-refractivity contribution in [3.63, 3.8) is 0 Å². The third kappa shape index (κ3) is 7.93. The number of aromatic nitrogens is 1. The van der Waals surface area contributed by atoms with E-state index >= 15 is 0 Å². The Kier molecular flexibility index (Phi) is 9.45. The van der Waals surface area contributed by atoms with E-state index in [4.69, 9.17) is 14.2 Å². The van der Waals surface area contributed by atoms with E-state index in [0.29, 0.717) is 47.9 Å². The second-order valence-electron chi connectivity index (χ2n) is 13.7. The molecule has 2 fully saturated rings. The van der Waals surface area contributed by atoms with E-state index in [1.807, 2.05) is 32.9 Å². The van der Waals surface area contributed by atoms with Crippen LogP contribution in [0, 0.1) is 17.2 Å². The lowest BCUT2D eigenvalue weighted by Crippen LogP contribution is -2.35. The minimum absolute atomic E-state index is 0.152. The highest BCUT2D eigenvalue weighted by Gasteiger charge is 2.56. The van der Waals surface area contributed by atoms with Crippen molar-refractivity contribution in [3.8, 4) is 17.2 Å². The number of carbonyl (C=O) groups excluding carboxylic acids is 3. The van der Waals surface area contributed by atoms with Crippen molar-refractivity contribution in [3.05, 3.63) is 78.7 Å². The fourth-order valence-corrected chi connectivity index (χ4v) is 6.08. The molecule has 256 valence electrons. The lowest BCUT2D eigenvalue weighted by atomic mass is 9.93. The maximum atomic E-state index is 13.2. The SMILES string of the molecule is COc1cc2c(Oc3ccc(NC(=O)C4(C(=O)Nc5ccc(F)cc5)CC4)cc3)ccnc2cc1N1CCC(CC(=O)OC(C)(C)C)CC1. The van der Waals surface area contributed by atoms with E-state index in [1.165, 1.54) is 24.3 Å². The molecule has 1 aliphatic heterocycles. The summed E-state index contributed by atoms with van der Waals surface area (Å²) in [6.07, 6.45) is 4.72. The highest BCUT2D eigenvalue weighted by atomic mass is 19.1. The number of amides is 2. The van der Waals surface area contributed by atoms with Crippen LogP contribution >= 0.6 is 0 Å². The number of carbonyl (C=O) groups is 3. The molecule has 1 saturated carbocycles. The number of ether oxygens (including phenoxy) is 3. The Labute approximate surface area is 284 Å². The number of anilines is 3. The first-order chi connectivity index (χ1) is 23.4. The summed E-state index contributed by atoms with van der Waals surface area (Å²) in [6, 6.07) is 18.1. The zero-order valence-corrected chi connectivity index (χ0v) is 28.2. The zero-order chi connectivity index (χ0) is 34.8. The number of methoxy groups -OCH3 is 1. The van der Waals surface area contributed by atoms with Gasteiger partial charge in [-0.2, -0.15) is 0 Å². The van der Waals surface area contributed by atoms with Gasteiger partial charge in [0.2, 0.25) is 11.8 Å². The van der Waals surface area contributed by atoms with Gasteiger partial charge in [-0.05, 0) is 119 Å². The van der Waals surface area contributed by atoms with Gasteiger partial charge in [0.05, 0.1) is 18.3 Å². The number of pyridine rings is 1. The molecular weight excluding hydrogens is 627 g/mol. The highest BCUT2D eigenvalue weighted by molar-refractivity contribution is 6.16. The number of hydrogen-bond donors (Lipinski definition) is 2. The average Bonchev–Trinajstić information content (AvgIpc) is 3.88. The maximum Gasteiger partial charge on any atom is 0.306 e. The fourth-order valence-electron chi connectivity index (χ4n) is 6.08. The van der Waals surface area contributed by atoms with Gasteiger partial charge >= 0.3 is 5.97 Å². The molecule has 1 aliphatic carbocycles. The summed E-state index contributed by atoms with van der Waals surface area (Å²) < 4.78 is 30.8. The Hall–Kier alpha value is -5.19. The van der Waals surface area contributed by atoms with Crippen molar-refractivity contribution in [1.82, 2.24) is 4.98 Å². The first-order valence-electron chi connectivity index (χ1n) is 16.5. The molecule has 6 rings (SSSR count). The molecule has 49 heavy (non-hydrogen) atoms. The third-order valence-electron chi connectivity index (χ3n) is 8.89. The molecule has 10 nitrogen and oxygen atoms in total. The van der Waals surface area contributed by atoms with Gasteiger partial charge in [-0.25, -0.2) is 4.39 Å². The molecule has 3 aromatic carbocycles. The third-order valence-corrected chi connectivity index (χ3v) is 8.89. The van der Waals surface area contributed by atoms with Gasteiger partial charge < -0.3 is 29.7 Å². The maximum absolute atomic E-state index is 13.2. The Morgan fingerprint density at radius 2 is 1.51 bits per heavy atom. The van der Waals surface area contributed by atoms with Crippen LogP contribution in [-0.4, -0.2) is 48.6 Å². The smallest absolute Gasteiger partial charge is 0.306 e. The Balaban J connectivity index is 1.09. The molecule has 0 bridgehead atoms. The van der Waals surface area contributed by atoms with Crippen molar-refractivity contribution in [2.75, 3.05) is 35.7 Å². The standard InChI is InChI=1S/C38H41FN4O6/c1-37(2,3)49-34(44)21-24-14-19-43(20-15-24)31-23-30-29(22-33(31)47-4)32(13-18-40-30)48-28-11-9-27(10-12-28)42-36(46)38(16-17-38)35(45)41-26-7-5-25(39)6-8-26/h5-13,18,22-24H,14-17,19-21H2,1-4H3,(H,41,45)(H,42,46). The molecule has 2 heterocycles. The molecule has 0 spiro atoms. The van der Waals surface area contributed by atoms with Gasteiger partial charge in [0.15, 0.2) is 0 Å². The zero-order valence-electron chi connectivity index (χ0n) is 28.2.